The van der Waals surface area contributed by atoms with Crippen molar-refractivity contribution in [2.75, 3.05) is 5.32 Å². The van der Waals surface area contributed by atoms with Gasteiger partial charge in [-0.15, -0.1) is 0 Å². The molecule has 1 atom stereocenters. The number of ether oxygens (including phenoxy) is 1. The average Bonchev–Trinajstić information content (AvgIpc) is 3.15. The summed E-state index contributed by atoms with van der Waals surface area (Å²) in [6.07, 6.45) is 4.49. The number of nitrogens with one attached hydrogen (secondary N) is 1. The summed E-state index contributed by atoms with van der Waals surface area (Å²) in [5.41, 5.74) is 1.67. The van der Waals surface area contributed by atoms with Gasteiger partial charge in [-0.25, -0.2) is 14.6 Å². The molecule has 0 spiro atoms. The van der Waals surface area contributed by atoms with E-state index in [1.165, 1.54) is 17.3 Å². The first-order chi connectivity index (χ1) is 11.7. The second-order valence-electron chi connectivity index (χ2n) is 5.20. The van der Waals surface area contributed by atoms with E-state index in [0.717, 1.165) is 5.56 Å². The maximum absolute atomic E-state index is 12.2. The molecule has 0 bridgehead atoms. The molecular formula is C17H17N5O2. The fourth-order valence-corrected chi connectivity index (χ4v) is 2.08. The van der Waals surface area contributed by atoms with Gasteiger partial charge in [0.05, 0.1) is 0 Å². The predicted octanol–water partition coefficient (Wildman–Crippen LogP) is 2.45. The number of hydrogen-bond donors (Lipinski definition) is 1. The first-order valence-electron chi connectivity index (χ1n) is 7.50. The normalized spacial score (nSPS) is 11.7. The van der Waals surface area contributed by atoms with Gasteiger partial charge in [-0.2, -0.15) is 5.10 Å². The van der Waals surface area contributed by atoms with Gasteiger partial charge in [-0.3, -0.25) is 4.79 Å². The van der Waals surface area contributed by atoms with Crippen LogP contribution in [0.25, 0.3) is 0 Å². The van der Waals surface area contributed by atoms with E-state index in [0.29, 0.717) is 18.2 Å². The van der Waals surface area contributed by atoms with Crippen molar-refractivity contribution >= 4 is 11.6 Å². The molecule has 0 saturated heterocycles. The van der Waals surface area contributed by atoms with E-state index in [1.54, 1.807) is 25.3 Å². The second-order valence-corrected chi connectivity index (χ2v) is 5.20. The molecule has 0 aliphatic carbocycles. The molecule has 0 aliphatic heterocycles. The van der Waals surface area contributed by atoms with Crippen molar-refractivity contribution in [2.24, 2.45) is 0 Å². The van der Waals surface area contributed by atoms with Crippen molar-refractivity contribution in [3.05, 3.63) is 66.9 Å². The molecule has 0 unspecified atom stereocenters. The first kappa shape index (κ1) is 15.7. The van der Waals surface area contributed by atoms with Gasteiger partial charge in [0.2, 0.25) is 11.8 Å². The molecule has 2 aromatic heterocycles. The first-order valence-corrected chi connectivity index (χ1v) is 7.50. The van der Waals surface area contributed by atoms with Crippen LogP contribution in [0.4, 0.5) is 5.69 Å². The number of nitrogens with zero attached hydrogens (tertiary/aromatic N) is 4. The highest BCUT2D eigenvalue weighted by Gasteiger charge is 2.15. The van der Waals surface area contributed by atoms with Gasteiger partial charge in [0, 0.05) is 18.0 Å². The molecule has 0 fully saturated rings. The van der Waals surface area contributed by atoms with Gasteiger partial charge in [0.15, 0.2) is 0 Å². The third kappa shape index (κ3) is 3.95. The van der Waals surface area contributed by atoms with E-state index < -0.39 is 6.04 Å². The van der Waals surface area contributed by atoms with Gasteiger partial charge in [-0.05, 0) is 18.6 Å². The van der Waals surface area contributed by atoms with Gasteiger partial charge >= 0.3 is 0 Å². The smallest absolute Gasteiger partial charge is 0.249 e. The number of pyridine rings is 1. The number of hydrogen-bond acceptors (Lipinski definition) is 5. The maximum Gasteiger partial charge on any atom is 0.249 e. The molecule has 1 amide bonds. The van der Waals surface area contributed by atoms with Crippen molar-refractivity contribution in [3.8, 4) is 5.88 Å². The molecule has 24 heavy (non-hydrogen) atoms. The third-order valence-electron chi connectivity index (χ3n) is 3.44. The van der Waals surface area contributed by atoms with Crippen LogP contribution in [0.3, 0.4) is 0 Å². The minimum absolute atomic E-state index is 0.194. The van der Waals surface area contributed by atoms with E-state index in [4.69, 9.17) is 4.74 Å². The summed E-state index contributed by atoms with van der Waals surface area (Å²) in [5.74, 6) is 0.255. The summed E-state index contributed by atoms with van der Waals surface area (Å²) in [6.45, 7) is 2.17. The Kier molecular flexibility index (Phi) is 4.81. The Bertz CT molecular complexity index is 790. The Morgan fingerprint density at radius 1 is 1.29 bits per heavy atom. The van der Waals surface area contributed by atoms with Crippen LogP contribution in [0.2, 0.25) is 0 Å². The van der Waals surface area contributed by atoms with E-state index in [9.17, 15) is 4.79 Å². The van der Waals surface area contributed by atoms with Gasteiger partial charge in [0.25, 0.3) is 0 Å². The molecule has 1 N–H and O–H groups in total. The van der Waals surface area contributed by atoms with Crippen molar-refractivity contribution in [1.29, 1.82) is 0 Å². The van der Waals surface area contributed by atoms with E-state index in [-0.39, 0.29) is 5.91 Å². The Morgan fingerprint density at radius 3 is 2.88 bits per heavy atom. The van der Waals surface area contributed by atoms with Crippen LogP contribution < -0.4 is 10.1 Å². The van der Waals surface area contributed by atoms with Crippen molar-refractivity contribution in [1.82, 2.24) is 19.7 Å². The Hall–Kier alpha value is -3.22. The number of aromatic nitrogens is 4. The number of rotatable bonds is 6. The molecule has 7 heteroatoms. The SMILES string of the molecule is C[C@@H](C(=O)Nc1ccnc(OCc2ccccc2)c1)n1cncn1. The molecule has 0 aliphatic rings. The molecule has 0 saturated carbocycles. The van der Waals surface area contributed by atoms with Crippen LogP contribution in [-0.4, -0.2) is 25.7 Å². The van der Waals surface area contributed by atoms with Crippen molar-refractivity contribution in [2.45, 2.75) is 19.6 Å². The molecular weight excluding hydrogens is 306 g/mol. The van der Waals surface area contributed by atoms with Crippen LogP contribution in [0.1, 0.15) is 18.5 Å². The van der Waals surface area contributed by atoms with Crippen LogP contribution in [0, 0.1) is 0 Å². The topological polar surface area (TPSA) is 81.9 Å². The highest BCUT2D eigenvalue weighted by Crippen LogP contribution is 2.17. The lowest BCUT2D eigenvalue weighted by atomic mass is 10.2. The standard InChI is InChI=1S/C17H17N5O2/c1-13(22-12-18-11-20-22)17(23)21-15-7-8-19-16(9-15)24-10-14-5-3-2-4-6-14/h2-9,11-13H,10H2,1H3,(H,19,21,23)/t13-/m0/s1. The predicted molar refractivity (Wildman–Crippen MR) is 88.4 cm³/mol. The number of anilines is 1. The summed E-state index contributed by atoms with van der Waals surface area (Å²) >= 11 is 0. The number of carbonyl (C=O) groups is 1. The molecule has 3 aromatic rings. The van der Waals surface area contributed by atoms with Crippen LogP contribution in [-0.2, 0) is 11.4 Å². The zero-order valence-electron chi connectivity index (χ0n) is 13.2. The number of benzene rings is 1. The van der Waals surface area contributed by atoms with E-state index in [2.05, 4.69) is 20.4 Å². The minimum Gasteiger partial charge on any atom is -0.473 e. The molecule has 3 rings (SSSR count). The lowest BCUT2D eigenvalue weighted by molar-refractivity contribution is -0.119. The Morgan fingerprint density at radius 2 is 2.12 bits per heavy atom. The van der Waals surface area contributed by atoms with E-state index in [1.807, 2.05) is 30.3 Å². The molecule has 2 heterocycles. The van der Waals surface area contributed by atoms with Crippen molar-refractivity contribution in [3.63, 3.8) is 0 Å². The van der Waals surface area contributed by atoms with Gasteiger partial charge < -0.3 is 10.1 Å². The quantitative estimate of drug-likeness (QED) is 0.753. The Balaban J connectivity index is 1.61. The lowest BCUT2D eigenvalue weighted by Gasteiger charge is -2.12. The maximum atomic E-state index is 12.2. The highest BCUT2D eigenvalue weighted by molar-refractivity contribution is 5.93. The summed E-state index contributed by atoms with van der Waals surface area (Å²) in [4.78, 5) is 20.2. The molecule has 122 valence electrons. The van der Waals surface area contributed by atoms with Crippen LogP contribution in [0.5, 0.6) is 5.88 Å². The van der Waals surface area contributed by atoms with Gasteiger partial charge in [0.1, 0.15) is 25.3 Å². The largest absolute Gasteiger partial charge is 0.473 e. The average molecular weight is 323 g/mol. The Labute approximate surface area is 139 Å². The van der Waals surface area contributed by atoms with Crippen molar-refractivity contribution < 1.29 is 9.53 Å². The summed E-state index contributed by atoms with van der Waals surface area (Å²) in [6, 6.07) is 12.7. The lowest BCUT2D eigenvalue weighted by Crippen LogP contribution is -2.24. The minimum atomic E-state index is -0.464. The second kappa shape index (κ2) is 7.36. The van der Waals surface area contributed by atoms with Crippen LogP contribution in [0.15, 0.2) is 61.3 Å². The van der Waals surface area contributed by atoms with Gasteiger partial charge in [-0.1, -0.05) is 30.3 Å². The zero-order valence-corrected chi connectivity index (χ0v) is 13.2. The fourth-order valence-electron chi connectivity index (χ4n) is 2.08. The highest BCUT2D eigenvalue weighted by atomic mass is 16.5. The molecule has 1 aromatic carbocycles. The summed E-state index contributed by atoms with van der Waals surface area (Å²) in [7, 11) is 0. The van der Waals surface area contributed by atoms with Crippen LogP contribution >= 0.6 is 0 Å². The molecule has 7 nitrogen and oxygen atoms in total. The third-order valence-corrected chi connectivity index (χ3v) is 3.44. The number of carbonyl (C=O) groups excluding carboxylic acids is 1. The fraction of sp³-hybridized carbons (Fsp3) is 0.176. The zero-order chi connectivity index (χ0) is 16.8. The number of amides is 1. The summed E-state index contributed by atoms with van der Waals surface area (Å²) < 4.78 is 7.15. The molecule has 0 radical (unpaired) electrons. The monoisotopic (exact) mass is 323 g/mol. The van der Waals surface area contributed by atoms with E-state index >= 15 is 0 Å². The summed E-state index contributed by atoms with van der Waals surface area (Å²) in [5, 5.41) is 6.79.